The molecule has 4 N–H and O–H groups in total. The molecule has 0 fully saturated rings. The van der Waals surface area contributed by atoms with Gasteiger partial charge in [-0.25, -0.2) is 23.1 Å². The lowest BCUT2D eigenvalue weighted by Crippen LogP contribution is -2.41. The molecule has 0 saturated carbocycles. The number of aryl methyl sites for hydroxylation is 1. The third-order valence-corrected chi connectivity index (χ3v) is 6.06. The lowest BCUT2D eigenvalue weighted by Gasteiger charge is -2.18. The van der Waals surface area contributed by atoms with Gasteiger partial charge in [0.2, 0.25) is 5.82 Å². The lowest BCUT2D eigenvalue weighted by atomic mass is 10.0. The van der Waals surface area contributed by atoms with Gasteiger partial charge in [0.1, 0.15) is 0 Å². The second-order valence-electron chi connectivity index (χ2n) is 8.57. The van der Waals surface area contributed by atoms with E-state index in [1.54, 1.807) is 19.1 Å². The summed E-state index contributed by atoms with van der Waals surface area (Å²) in [4.78, 5) is 21.2. The molecule has 212 valence electrons. The monoisotopic (exact) mass is 566 g/mol. The van der Waals surface area contributed by atoms with E-state index in [1.807, 2.05) is 0 Å². The van der Waals surface area contributed by atoms with Crippen molar-refractivity contribution in [3.05, 3.63) is 71.7 Å². The summed E-state index contributed by atoms with van der Waals surface area (Å²) in [6, 6.07) is 5.31. The van der Waals surface area contributed by atoms with E-state index in [1.165, 1.54) is 29.1 Å². The van der Waals surface area contributed by atoms with E-state index in [2.05, 4.69) is 25.3 Å². The number of nitrogens with two attached hydrogens (primary N) is 1. The molecule has 0 radical (unpaired) electrons. The summed E-state index contributed by atoms with van der Waals surface area (Å²) in [5, 5.41) is 5.38. The Balaban J connectivity index is 1.62. The van der Waals surface area contributed by atoms with Crippen LogP contribution in [-0.4, -0.2) is 45.9 Å². The summed E-state index contributed by atoms with van der Waals surface area (Å²) in [6.07, 6.45) is 1.67. The standard InChI is InChI=1S/C26H24F6N6O2/c1-2-13-11-14(3-4-15(13)25(39)37-17(7-8-33)22(29)30)36-23-24-35-12-18(38(24)10-9-34-23)16-5-6-19(40-26(31)32)21(28)20(16)27/h3-6,9-12,17,22,26H,2,7-8,33H2,1H3,(H,34,36)(H,37,39). The largest absolute Gasteiger partial charge is 0.432 e. The minimum absolute atomic E-state index is 0.00712. The topological polar surface area (TPSA) is 107 Å². The Bertz CT molecular complexity index is 1510. The van der Waals surface area contributed by atoms with Gasteiger partial charge < -0.3 is 21.1 Å². The van der Waals surface area contributed by atoms with Crippen molar-refractivity contribution in [1.82, 2.24) is 19.7 Å². The summed E-state index contributed by atoms with van der Waals surface area (Å²) < 4.78 is 85.9. The number of amides is 1. The highest BCUT2D eigenvalue weighted by atomic mass is 19.3. The Morgan fingerprint density at radius 1 is 1.10 bits per heavy atom. The smallest absolute Gasteiger partial charge is 0.387 e. The molecular weight excluding hydrogens is 542 g/mol. The molecule has 0 aliphatic carbocycles. The third-order valence-electron chi connectivity index (χ3n) is 6.06. The van der Waals surface area contributed by atoms with Gasteiger partial charge in [0, 0.05) is 29.2 Å². The summed E-state index contributed by atoms with van der Waals surface area (Å²) in [5.41, 5.74) is 6.76. The molecule has 2 aromatic carbocycles. The molecule has 40 heavy (non-hydrogen) atoms. The average Bonchev–Trinajstić information content (AvgIpc) is 3.35. The highest BCUT2D eigenvalue weighted by Crippen LogP contribution is 2.32. The number of alkyl halides is 4. The lowest BCUT2D eigenvalue weighted by molar-refractivity contribution is -0.0525. The number of anilines is 2. The van der Waals surface area contributed by atoms with E-state index in [0.717, 1.165) is 12.1 Å². The number of fused-ring (bicyclic) bond motifs is 1. The molecule has 14 heteroatoms. The zero-order valence-corrected chi connectivity index (χ0v) is 21.0. The van der Waals surface area contributed by atoms with E-state index in [4.69, 9.17) is 5.73 Å². The number of rotatable bonds is 11. The Morgan fingerprint density at radius 3 is 2.55 bits per heavy atom. The van der Waals surface area contributed by atoms with Crippen molar-refractivity contribution in [2.75, 3.05) is 11.9 Å². The number of imidazole rings is 1. The molecular formula is C26H24F6N6O2. The van der Waals surface area contributed by atoms with Crippen molar-refractivity contribution >= 4 is 23.1 Å². The predicted molar refractivity (Wildman–Crippen MR) is 135 cm³/mol. The van der Waals surface area contributed by atoms with Crippen molar-refractivity contribution in [2.24, 2.45) is 5.73 Å². The number of nitrogens with zero attached hydrogens (tertiary/aromatic N) is 3. The van der Waals surface area contributed by atoms with Crippen LogP contribution in [0.2, 0.25) is 0 Å². The van der Waals surface area contributed by atoms with Gasteiger partial charge in [-0.3, -0.25) is 9.20 Å². The zero-order chi connectivity index (χ0) is 29.0. The highest BCUT2D eigenvalue weighted by molar-refractivity contribution is 5.96. The van der Waals surface area contributed by atoms with Crippen LogP contribution in [0.5, 0.6) is 5.75 Å². The number of halogens is 6. The van der Waals surface area contributed by atoms with Crippen LogP contribution >= 0.6 is 0 Å². The van der Waals surface area contributed by atoms with Crippen LogP contribution in [0.4, 0.5) is 37.8 Å². The van der Waals surface area contributed by atoms with Gasteiger partial charge in [0.05, 0.1) is 17.9 Å². The minimum atomic E-state index is -3.32. The number of benzene rings is 2. The molecule has 8 nitrogen and oxygen atoms in total. The molecule has 4 rings (SSSR count). The molecule has 1 atom stereocenters. The normalized spacial score (nSPS) is 12.2. The summed E-state index contributed by atoms with van der Waals surface area (Å²) in [7, 11) is 0. The Hall–Kier alpha value is -4.33. The van der Waals surface area contributed by atoms with Crippen LogP contribution in [0.15, 0.2) is 48.9 Å². The van der Waals surface area contributed by atoms with Gasteiger partial charge in [-0.15, -0.1) is 0 Å². The maximum absolute atomic E-state index is 14.8. The first-order chi connectivity index (χ1) is 19.1. The molecule has 0 saturated heterocycles. The highest BCUT2D eigenvalue weighted by Gasteiger charge is 2.24. The van der Waals surface area contributed by atoms with Gasteiger partial charge in [0.25, 0.3) is 12.3 Å². The van der Waals surface area contributed by atoms with E-state index in [0.29, 0.717) is 17.7 Å². The van der Waals surface area contributed by atoms with Crippen LogP contribution in [0, 0.1) is 11.6 Å². The molecule has 0 aliphatic heterocycles. The first-order valence-corrected chi connectivity index (χ1v) is 12.1. The molecule has 1 unspecified atom stereocenters. The Morgan fingerprint density at radius 2 is 1.88 bits per heavy atom. The number of carbonyl (C=O) groups is 1. The zero-order valence-electron chi connectivity index (χ0n) is 21.0. The van der Waals surface area contributed by atoms with Gasteiger partial charge in [-0.1, -0.05) is 6.92 Å². The number of hydrogen-bond acceptors (Lipinski definition) is 6. The number of carbonyl (C=O) groups excluding carboxylic acids is 1. The van der Waals surface area contributed by atoms with Crippen LogP contribution < -0.4 is 21.1 Å². The number of aromatic nitrogens is 3. The van der Waals surface area contributed by atoms with Crippen molar-refractivity contribution in [3.63, 3.8) is 0 Å². The number of hydrogen-bond donors (Lipinski definition) is 3. The molecule has 4 aromatic rings. The number of ether oxygens (including phenoxy) is 1. The van der Waals surface area contributed by atoms with Crippen molar-refractivity contribution in [2.45, 2.75) is 38.8 Å². The van der Waals surface area contributed by atoms with E-state index in [-0.39, 0.29) is 41.3 Å². The molecule has 2 aromatic heterocycles. The summed E-state index contributed by atoms with van der Waals surface area (Å²) >= 11 is 0. The summed E-state index contributed by atoms with van der Waals surface area (Å²) in [5.74, 6) is -4.32. The van der Waals surface area contributed by atoms with Gasteiger partial charge in [0.15, 0.2) is 23.0 Å². The SMILES string of the molecule is CCc1cc(Nc2nccn3c(-c4ccc(OC(F)F)c(F)c4F)cnc23)ccc1C(=O)NC(CCN)C(F)F. The van der Waals surface area contributed by atoms with Crippen LogP contribution in [-0.2, 0) is 6.42 Å². The first-order valence-electron chi connectivity index (χ1n) is 12.1. The fourth-order valence-corrected chi connectivity index (χ4v) is 4.13. The maximum Gasteiger partial charge on any atom is 0.387 e. The van der Waals surface area contributed by atoms with E-state index in [9.17, 15) is 31.1 Å². The molecule has 0 aliphatic rings. The second kappa shape index (κ2) is 12.2. The molecule has 1 amide bonds. The molecule has 2 heterocycles. The van der Waals surface area contributed by atoms with Crippen molar-refractivity contribution < 1.29 is 35.9 Å². The first kappa shape index (κ1) is 28.7. The van der Waals surface area contributed by atoms with Gasteiger partial charge in [-0.05, 0) is 55.3 Å². The van der Waals surface area contributed by atoms with Gasteiger partial charge in [-0.2, -0.15) is 13.2 Å². The molecule has 0 bridgehead atoms. The fraction of sp³-hybridized carbons (Fsp3) is 0.269. The van der Waals surface area contributed by atoms with E-state index >= 15 is 0 Å². The minimum Gasteiger partial charge on any atom is -0.432 e. The Kier molecular flexibility index (Phi) is 8.77. The van der Waals surface area contributed by atoms with Crippen molar-refractivity contribution in [3.8, 4) is 17.0 Å². The van der Waals surface area contributed by atoms with Crippen LogP contribution in [0.3, 0.4) is 0 Å². The van der Waals surface area contributed by atoms with Gasteiger partial charge >= 0.3 is 6.61 Å². The van der Waals surface area contributed by atoms with Crippen LogP contribution in [0.1, 0.15) is 29.3 Å². The maximum atomic E-state index is 14.8. The third kappa shape index (κ3) is 5.96. The fourth-order valence-electron chi connectivity index (χ4n) is 4.13. The van der Waals surface area contributed by atoms with Crippen molar-refractivity contribution in [1.29, 1.82) is 0 Å². The Labute approximate surface area is 224 Å². The second-order valence-corrected chi connectivity index (χ2v) is 8.57. The molecule has 0 spiro atoms. The predicted octanol–water partition coefficient (Wildman–Crippen LogP) is 5.29. The van der Waals surface area contributed by atoms with Crippen LogP contribution in [0.25, 0.3) is 16.9 Å². The number of nitrogens with one attached hydrogen (secondary N) is 2. The summed E-state index contributed by atoms with van der Waals surface area (Å²) in [6.45, 7) is -1.53. The van der Waals surface area contributed by atoms with E-state index < -0.39 is 42.4 Å². The average molecular weight is 567 g/mol. The quantitative estimate of drug-likeness (QED) is 0.213.